The SMILES string of the molecule is CC1=NN=C(CC(=O)N2CCN(c3ccc4c(C(C)C)nn(C5CCC5)c4c3)C[C@@H]2Cc2ccccc2)C1. The van der Waals surface area contributed by atoms with Crippen LogP contribution in [0, 0.1) is 0 Å². The summed E-state index contributed by atoms with van der Waals surface area (Å²) in [6, 6.07) is 18.0. The number of hydrogen-bond donors (Lipinski definition) is 0. The molecule has 1 aliphatic carbocycles. The number of benzene rings is 2. The van der Waals surface area contributed by atoms with Gasteiger partial charge in [0.05, 0.1) is 35.4 Å². The van der Waals surface area contributed by atoms with E-state index in [0.29, 0.717) is 31.3 Å². The van der Waals surface area contributed by atoms with Crippen molar-refractivity contribution in [3.05, 3.63) is 59.8 Å². The molecule has 2 aliphatic heterocycles. The number of hydrogen-bond acceptors (Lipinski definition) is 5. The molecule has 1 saturated carbocycles. The molecule has 38 heavy (non-hydrogen) atoms. The van der Waals surface area contributed by atoms with Gasteiger partial charge in [0.1, 0.15) is 0 Å². The van der Waals surface area contributed by atoms with E-state index in [0.717, 1.165) is 30.9 Å². The Bertz CT molecular complexity index is 1380. The van der Waals surface area contributed by atoms with Crippen LogP contribution < -0.4 is 4.90 Å². The largest absolute Gasteiger partial charge is 0.368 e. The lowest BCUT2D eigenvalue weighted by Gasteiger charge is -2.43. The van der Waals surface area contributed by atoms with Crippen LogP contribution >= 0.6 is 0 Å². The number of nitrogens with zero attached hydrogens (tertiary/aromatic N) is 6. The van der Waals surface area contributed by atoms with Crippen molar-refractivity contribution in [2.75, 3.05) is 24.5 Å². The second-order valence-electron chi connectivity index (χ2n) is 11.5. The van der Waals surface area contributed by atoms with Crippen LogP contribution in [0.2, 0.25) is 0 Å². The molecule has 1 aromatic heterocycles. The van der Waals surface area contributed by atoms with E-state index in [1.54, 1.807) is 0 Å². The molecular weight excluding hydrogens is 472 g/mol. The summed E-state index contributed by atoms with van der Waals surface area (Å²) in [5.74, 6) is 0.558. The van der Waals surface area contributed by atoms with Gasteiger partial charge in [-0.05, 0) is 62.3 Å². The summed E-state index contributed by atoms with van der Waals surface area (Å²) in [6.07, 6.45) is 5.63. The van der Waals surface area contributed by atoms with Crippen LogP contribution in [-0.2, 0) is 11.2 Å². The van der Waals surface area contributed by atoms with E-state index in [-0.39, 0.29) is 11.9 Å². The fraction of sp³-hybridized carbons (Fsp3) is 0.484. The summed E-state index contributed by atoms with van der Waals surface area (Å²) in [6.45, 7) is 8.77. The molecule has 0 spiro atoms. The maximum Gasteiger partial charge on any atom is 0.228 e. The highest BCUT2D eigenvalue weighted by Crippen LogP contribution is 2.37. The first-order valence-corrected chi connectivity index (χ1v) is 14.2. The normalized spacial score (nSPS) is 20.2. The maximum absolute atomic E-state index is 13.5. The molecule has 3 aliphatic rings. The summed E-state index contributed by atoms with van der Waals surface area (Å²) in [5.41, 5.74) is 6.80. The standard InChI is InChI=1S/C31H38N6O/c1-21(2)31-28-13-12-26(19-29(28)37(34-31)25-10-7-11-25)35-14-15-36(30(38)18-24-16-22(3)32-33-24)27(20-35)17-23-8-5-4-6-9-23/h4-6,8-9,12-13,19,21,25,27H,7,10-11,14-18,20H2,1-3H3/t27-/m0/s1. The lowest BCUT2D eigenvalue weighted by Crippen LogP contribution is -2.56. The fourth-order valence-electron chi connectivity index (χ4n) is 6.06. The minimum absolute atomic E-state index is 0.0983. The average molecular weight is 511 g/mol. The summed E-state index contributed by atoms with van der Waals surface area (Å²) in [7, 11) is 0. The Balaban J connectivity index is 1.27. The first-order chi connectivity index (χ1) is 18.5. The van der Waals surface area contributed by atoms with Gasteiger partial charge in [0.2, 0.25) is 5.91 Å². The van der Waals surface area contributed by atoms with E-state index >= 15 is 0 Å². The minimum atomic E-state index is 0.0983. The first kappa shape index (κ1) is 24.8. The van der Waals surface area contributed by atoms with Gasteiger partial charge in [-0.2, -0.15) is 15.3 Å². The predicted octanol–water partition coefficient (Wildman–Crippen LogP) is 5.76. The van der Waals surface area contributed by atoms with Gasteiger partial charge < -0.3 is 9.80 Å². The molecule has 0 unspecified atom stereocenters. The van der Waals surface area contributed by atoms with Gasteiger partial charge in [-0.3, -0.25) is 9.48 Å². The maximum atomic E-state index is 13.5. The summed E-state index contributed by atoms with van der Waals surface area (Å²) in [4.78, 5) is 18.0. The van der Waals surface area contributed by atoms with Crippen molar-refractivity contribution < 1.29 is 4.79 Å². The van der Waals surface area contributed by atoms with Crippen LogP contribution in [0.1, 0.15) is 76.1 Å². The van der Waals surface area contributed by atoms with Crippen molar-refractivity contribution in [2.45, 2.75) is 77.3 Å². The van der Waals surface area contributed by atoms with Crippen LogP contribution in [0.25, 0.3) is 10.9 Å². The van der Waals surface area contributed by atoms with E-state index in [2.05, 4.69) is 81.0 Å². The van der Waals surface area contributed by atoms with Crippen LogP contribution in [0.15, 0.2) is 58.7 Å². The van der Waals surface area contributed by atoms with Gasteiger partial charge >= 0.3 is 0 Å². The number of amides is 1. The molecule has 1 saturated heterocycles. The lowest BCUT2D eigenvalue weighted by molar-refractivity contribution is -0.132. The number of anilines is 1. The third-order valence-corrected chi connectivity index (χ3v) is 8.35. The molecule has 3 aromatic rings. The average Bonchev–Trinajstić information content (AvgIpc) is 3.46. The Morgan fingerprint density at radius 3 is 2.55 bits per heavy atom. The fourth-order valence-corrected chi connectivity index (χ4v) is 6.06. The molecule has 0 radical (unpaired) electrons. The van der Waals surface area contributed by atoms with Crippen molar-refractivity contribution in [2.24, 2.45) is 10.2 Å². The Morgan fingerprint density at radius 1 is 1.05 bits per heavy atom. The second kappa shape index (κ2) is 10.4. The van der Waals surface area contributed by atoms with Crippen molar-refractivity contribution in [3.8, 4) is 0 Å². The van der Waals surface area contributed by atoms with E-state index in [4.69, 9.17) is 5.10 Å². The predicted molar refractivity (Wildman–Crippen MR) is 154 cm³/mol. The molecule has 3 heterocycles. The third kappa shape index (κ3) is 4.86. The molecule has 6 rings (SSSR count). The topological polar surface area (TPSA) is 66.1 Å². The molecular formula is C31H38N6O. The van der Waals surface area contributed by atoms with Crippen molar-refractivity contribution in [1.29, 1.82) is 0 Å². The summed E-state index contributed by atoms with van der Waals surface area (Å²) in [5, 5.41) is 14.7. The molecule has 7 heteroatoms. The molecule has 7 nitrogen and oxygen atoms in total. The number of carbonyl (C=O) groups is 1. The van der Waals surface area contributed by atoms with E-state index < -0.39 is 0 Å². The monoisotopic (exact) mass is 510 g/mol. The zero-order valence-corrected chi connectivity index (χ0v) is 22.8. The first-order valence-electron chi connectivity index (χ1n) is 14.2. The smallest absolute Gasteiger partial charge is 0.228 e. The number of piperazine rings is 1. The second-order valence-corrected chi connectivity index (χ2v) is 11.5. The zero-order valence-electron chi connectivity index (χ0n) is 22.8. The molecule has 198 valence electrons. The van der Waals surface area contributed by atoms with Crippen molar-refractivity contribution >= 4 is 33.9 Å². The van der Waals surface area contributed by atoms with E-state index in [1.165, 1.54) is 47.1 Å². The molecule has 2 fully saturated rings. The highest BCUT2D eigenvalue weighted by atomic mass is 16.2. The Kier molecular flexibility index (Phi) is 6.76. The molecule has 1 amide bonds. The van der Waals surface area contributed by atoms with Crippen LogP contribution in [0.5, 0.6) is 0 Å². The van der Waals surface area contributed by atoms with Gasteiger partial charge in [0.25, 0.3) is 0 Å². The van der Waals surface area contributed by atoms with Gasteiger partial charge in [-0.25, -0.2) is 0 Å². The summed E-state index contributed by atoms with van der Waals surface area (Å²) >= 11 is 0. The summed E-state index contributed by atoms with van der Waals surface area (Å²) < 4.78 is 2.30. The number of rotatable bonds is 7. The third-order valence-electron chi connectivity index (χ3n) is 8.35. The van der Waals surface area contributed by atoms with Gasteiger partial charge in [-0.1, -0.05) is 44.2 Å². The Hall–Kier alpha value is -3.48. The number of fused-ring (bicyclic) bond motifs is 1. The van der Waals surface area contributed by atoms with E-state index in [1.807, 2.05) is 13.0 Å². The van der Waals surface area contributed by atoms with Crippen molar-refractivity contribution in [3.63, 3.8) is 0 Å². The Morgan fingerprint density at radius 2 is 1.87 bits per heavy atom. The highest BCUT2D eigenvalue weighted by molar-refractivity contribution is 6.12. The van der Waals surface area contributed by atoms with E-state index in [9.17, 15) is 4.79 Å². The molecule has 0 N–H and O–H groups in total. The highest BCUT2D eigenvalue weighted by Gasteiger charge is 2.32. The Labute approximate surface area is 225 Å². The van der Waals surface area contributed by atoms with Crippen molar-refractivity contribution in [1.82, 2.24) is 14.7 Å². The number of carbonyl (C=O) groups excluding carboxylic acids is 1. The van der Waals surface area contributed by atoms with Crippen LogP contribution in [-0.4, -0.2) is 57.7 Å². The van der Waals surface area contributed by atoms with Crippen LogP contribution in [0.4, 0.5) is 5.69 Å². The molecule has 1 atom stereocenters. The molecule has 2 aromatic carbocycles. The van der Waals surface area contributed by atoms with Gasteiger partial charge in [0.15, 0.2) is 0 Å². The van der Waals surface area contributed by atoms with Crippen LogP contribution in [0.3, 0.4) is 0 Å². The minimum Gasteiger partial charge on any atom is -0.368 e. The van der Waals surface area contributed by atoms with Gasteiger partial charge in [0, 0.05) is 42.8 Å². The van der Waals surface area contributed by atoms with Gasteiger partial charge in [-0.15, -0.1) is 0 Å². The quantitative estimate of drug-likeness (QED) is 0.406. The zero-order chi connectivity index (χ0) is 26.2. The lowest BCUT2D eigenvalue weighted by atomic mass is 9.93. The number of aromatic nitrogens is 2. The molecule has 0 bridgehead atoms.